The maximum atomic E-state index is 15.5. The van der Waals surface area contributed by atoms with E-state index in [4.69, 9.17) is 10.5 Å². The number of aliphatic imine (C=N–C) groups is 1. The molecular weight excluding hydrogens is 612 g/mol. The van der Waals surface area contributed by atoms with E-state index in [2.05, 4.69) is 15.0 Å². The molecule has 1 aliphatic rings. The molecule has 1 aromatic heterocycles. The number of benzene rings is 3. The Kier molecular flexibility index (Phi) is 9.40. The van der Waals surface area contributed by atoms with Crippen LogP contribution in [0.2, 0.25) is 0 Å². The first-order chi connectivity index (χ1) is 22.0. The molecular formula is C33H27F6N5O2. The lowest BCUT2D eigenvalue weighted by Crippen LogP contribution is -2.28. The summed E-state index contributed by atoms with van der Waals surface area (Å²) in [5, 5.41) is 0. The largest absolute Gasteiger partial charge is 0.451 e. The van der Waals surface area contributed by atoms with Crippen LogP contribution in [0.4, 0.5) is 32.2 Å². The highest BCUT2D eigenvalue weighted by Gasteiger charge is 2.33. The lowest BCUT2D eigenvalue weighted by Gasteiger charge is -2.23. The second-order valence-corrected chi connectivity index (χ2v) is 10.6. The van der Waals surface area contributed by atoms with Crippen LogP contribution in [0.5, 0.6) is 11.5 Å². The van der Waals surface area contributed by atoms with Gasteiger partial charge in [-0.25, -0.2) is 27.5 Å². The summed E-state index contributed by atoms with van der Waals surface area (Å²) in [6, 6.07) is 9.26. The average molecular weight is 640 g/mol. The fraction of sp³-hybridized carbons (Fsp3) is 0.212. The number of anilines is 1. The van der Waals surface area contributed by atoms with E-state index in [-0.39, 0.29) is 46.5 Å². The monoisotopic (exact) mass is 639 g/mol. The third kappa shape index (κ3) is 6.44. The van der Waals surface area contributed by atoms with Crippen molar-refractivity contribution in [3.8, 4) is 11.5 Å². The second-order valence-electron chi connectivity index (χ2n) is 10.6. The Bertz CT molecular complexity index is 1840. The summed E-state index contributed by atoms with van der Waals surface area (Å²) >= 11 is 0. The van der Waals surface area contributed by atoms with Crippen molar-refractivity contribution >= 4 is 23.5 Å². The highest BCUT2D eigenvalue weighted by molar-refractivity contribution is 6.16. The summed E-state index contributed by atoms with van der Waals surface area (Å²) in [6.07, 6.45) is 4.64. The quantitative estimate of drug-likeness (QED) is 0.0989. The van der Waals surface area contributed by atoms with Crippen molar-refractivity contribution in [1.29, 1.82) is 0 Å². The number of nitrogens with zero attached hydrogens (tertiary/aromatic N) is 4. The van der Waals surface area contributed by atoms with E-state index in [0.29, 0.717) is 30.8 Å². The van der Waals surface area contributed by atoms with Gasteiger partial charge in [-0.3, -0.25) is 9.79 Å². The standard InChI is InChI=1S/C33H27F6N5O2/c1-17(19-11-12-44(15-19)26(45)10-7-18-5-3-4-6-22(18)34)30-27(33(40)43-16-42-30)31(41-2)21-9-8-20(13-23(21)35)46-32-28(38)24(36)14-25(37)29(32)39/h3-10,13-14,16-17,19H,11-12,15H2,1-2H3,(H2,40,42,43)/b10-7+,41-31-. The Morgan fingerprint density at radius 3 is 2.39 bits per heavy atom. The fourth-order valence-corrected chi connectivity index (χ4v) is 5.37. The van der Waals surface area contributed by atoms with Crippen molar-refractivity contribution in [3.63, 3.8) is 0 Å². The number of hydrogen-bond donors (Lipinski definition) is 1. The number of carbonyl (C=O) groups excluding carboxylic acids is 1. The molecule has 1 saturated heterocycles. The first-order valence-corrected chi connectivity index (χ1v) is 14.1. The summed E-state index contributed by atoms with van der Waals surface area (Å²) in [5.41, 5.74) is 7.24. The normalized spacial score (nSPS) is 15.9. The number of halogens is 6. The minimum atomic E-state index is -1.78. The molecule has 0 radical (unpaired) electrons. The number of amides is 1. The Labute approximate surface area is 260 Å². The predicted octanol–water partition coefficient (Wildman–Crippen LogP) is 6.82. The highest BCUT2D eigenvalue weighted by atomic mass is 19.2. The zero-order valence-electron chi connectivity index (χ0n) is 24.6. The van der Waals surface area contributed by atoms with Crippen LogP contribution in [0, 0.1) is 40.8 Å². The van der Waals surface area contributed by atoms with Crippen LogP contribution in [-0.4, -0.2) is 46.6 Å². The average Bonchev–Trinajstić information content (AvgIpc) is 3.54. The number of nitrogen functional groups attached to an aromatic ring is 1. The molecule has 0 saturated carbocycles. The molecule has 4 aromatic rings. The molecule has 13 heteroatoms. The smallest absolute Gasteiger partial charge is 0.246 e. The minimum Gasteiger partial charge on any atom is -0.451 e. The van der Waals surface area contributed by atoms with Crippen LogP contribution < -0.4 is 10.5 Å². The molecule has 2 atom stereocenters. The SMILES string of the molecule is C/N=C(/c1ccc(Oc2c(F)c(F)cc(F)c2F)cc1F)c1c(N)ncnc1C(C)C1CCN(C(=O)/C=C/c2ccccc2F)C1. The molecule has 3 aromatic carbocycles. The summed E-state index contributed by atoms with van der Waals surface area (Å²) in [5.74, 6) is -10.7. The van der Waals surface area contributed by atoms with Gasteiger partial charge in [0.15, 0.2) is 11.6 Å². The van der Waals surface area contributed by atoms with Crippen LogP contribution in [0.1, 0.15) is 41.6 Å². The van der Waals surface area contributed by atoms with Crippen molar-refractivity contribution in [2.24, 2.45) is 10.9 Å². The summed E-state index contributed by atoms with van der Waals surface area (Å²) in [4.78, 5) is 27.3. The van der Waals surface area contributed by atoms with Gasteiger partial charge in [0.25, 0.3) is 0 Å². The second kappa shape index (κ2) is 13.4. The van der Waals surface area contributed by atoms with Crippen LogP contribution in [-0.2, 0) is 4.79 Å². The van der Waals surface area contributed by atoms with Gasteiger partial charge in [0, 0.05) is 55.4 Å². The third-order valence-electron chi connectivity index (χ3n) is 7.84. The predicted molar refractivity (Wildman–Crippen MR) is 159 cm³/mol. The lowest BCUT2D eigenvalue weighted by molar-refractivity contribution is -0.125. The summed E-state index contributed by atoms with van der Waals surface area (Å²) < 4.78 is 89.9. The Morgan fingerprint density at radius 1 is 1.00 bits per heavy atom. The molecule has 0 aliphatic carbocycles. The lowest BCUT2D eigenvalue weighted by atomic mass is 9.86. The molecule has 238 valence electrons. The number of carbonyl (C=O) groups is 1. The fourth-order valence-electron chi connectivity index (χ4n) is 5.37. The van der Waals surface area contributed by atoms with Gasteiger partial charge >= 0.3 is 0 Å². The Balaban J connectivity index is 1.38. The van der Waals surface area contributed by atoms with E-state index in [9.17, 15) is 26.7 Å². The van der Waals surface area contributed by atoms with E-state index in [1.165, 1.54) is 37.7 Å². The summed E-state index contributed by atoms with van der Waals surface area (Å²) in [6.45, 7) is 2.71. The van der Waals surface area contributed by atoms with Crippen LogP contribution in [0.3, 0.4) is 0 Å². The van der Waals surface area contributed by atoms with Crippen LogP contribution in [0.15, 0.2) is 65.9 Å². The van der Waals surface area contributed by atoms with Gasteiger partial charge in [-0.2, -0.15) is 8.78 Å². The molecule has 1 amide bonds. The Morgan fingerprint density at radius 2 is 1.72 bits per heavy atom. The molecule has 1 aliphatic heterocycles. The number of aromatic nitrogens is 2. The number of nitrogens with two attached hydrogens (primary N) is 1. The van der Waals surface area contributed by atoms with Gasteiger partial charge in [-0.05, 0) is 36.6 Å². The van der Waals surface area contributed by atoms with Gasteiger partial charge in [-0.15, -0.1) is 0 Å². The van der Waals surface area contributed by atoms with E-state index in [1.54, 1.807) is 23.1 Å². The van der Waals surface area contributed by atoms with Gasteiger partial charge in [0.1, 0.15) is 29.5 Å². The molecule has 5 rings (SSSR count). The Hall–Kier alpha value is -5.20. The molecule has 0 spiro atoms. The van der Waals surface area contributed by atoms with Crippen molar-refractivity contribution in [2.75, 3.05) is 25.9 Å². The maximum Gasteiger partial charge on any atom is 0.246 e. The number of ether oxygens (including phenoxy) is 1. The van der Waals surface area contributed by atoms with Crippen LogP contribution >= 0.6 is 0 Å². The van der Waals surface area contributed by atoms with E-state index in [1.807, 2.05) is 6.92 Å². The molecule has 2 unspecified atom stereocenters. The van der Waals surface area contributed by atoms with Crippen molar-refractivity contribution in [2.45, 2.75) is 19.3 Å². The number of rotatable bonds is 8. The summed E-state index contributed by atoms with van der Waals surface area (Å²) in [7, 11) is 1.40. The van der Waals surface area contributed by atoms with Gasteiger partial charge in [-0.1, -0.05) is 25.1 Å². The topological polar surface area (TPSA) is 93.7 Å². The van der Waals surface area contributed by atoms with E-state index < -0.39 is 46.4 Å². The molecule has 46 heavy (non-hydrogen) atoms. The number of likely N-dealkylation sites (tertiary alicyclic amines) is 1. The molecule has 0 bridgehead atoms. The highest BCUT2D eigenvalue weighted by Crippen LogP contribution is 2.36. The molecule has 7 nitrogen and oxygen atoms in total. The van der Waals surface area contributed by atoms with Gasteiger partial charge < -0.3 is 15.4 Å². The van der Waals surface area contributed by atoms with Crippen LogP contribution in [0.25, 0.3) is 6.08 Å². The third-order valence-corrected chi connectivity index (χ3v) is 7.84. The molecule has 2 heterocycles. The molecule has 2 N–H and O–H groups in total. The van der Waals surface area contributed by atoms with E-state index >= 15 is 4.39 Å². The maximum absolute atomic E-state index is 15.5. The zero-order chi connectivity index (χ0) is 33.1. The van der Waals surface area contributed by atoms with Crippen molar-refractivity contribution in [1.82, 2.24) is 14.9 Å². The van der Waals surface area contributed by atoms with E-state index in [0.717, 1.165) is 12.1 Å². The minimum absolute atomic E-state index is 0.00954. The first-order valence-electron chi connectivity index (χ1n) is 14.1. The van der Waals surface area contributed by atoms with Gasteiger partial charge in [0.2, 0.25) is 23.3 Å². The van der Waals surface area contributed by atoms with Crippen molar-refractivity contribution in [3.05, 3.63) is 118 Å². The van der Waals surface area contributed by atoms with Gasteiger partial charge in [0.05, 0.1) is 17.0 Å². The molecule has 1 fully saturated rings. The van der Waals surface area contributed by atoms with Crippen molar-refractivity contribution < 1.29 is 35.9 Å². The first kappa shape index (κ1) is 32.2. The zero-order valence-corrected chi connectivity index (χ0v) is 24.6. The number of hydrogen-bond acceptors (Lipinski definition) is 6.